The molecule has 1 rings (SSSR count). The highest BCUT2D eigenvalue weighted by molar-refractivity contribution is 7.89. The largest absolute Gasteiger partial charge is 0.395 e. The van der Waals surface area contributed by atoms with Crippen molar-refractivity contribution in [2.24, 2.45) is 0 Å². The predicted molar refractivity (Wildman–Crippen MR) is 45.5 cm³/mol. The maximum absolute atomic E-state index is 11.4. The standard InChI is InChI=1S/C6H11N3O3S/c1-5(3-10)9-13(11,12)6-2-7-4-8-6/h2,4-5,9-10H,3H2,1H3,(H,7,8)/t5-/m1/s1. The Morgan fingerprint density at radius 3 is 2.92 bits per heavy atom. The van der Waals surface area contributed by atoms with E-state index < -0.39 is 16.1 Å². The van der Waals surface area contributed by atoms with Gasteiger partial charge in [-0.25, -0.2) is 18.1 Å². The van der Waals surface area contributed by atoms with Crippen LogP contribution in [0.5, 0.6) is 0 Å². The Labute approximate surface area is 76.1 Å². The average Bonchev–Trinajstić information content (AvgIpc) is 2.55. The minimum absolute atomic E-state index is 0.00667. The smallest absolute Gasteiger partial charge is 0.257 e. The second-order valence-electron chi connectivity index (χ2n) is 2.62. The molecule has 0 aliphatic rings. The molecule has 0 saturated heterocycles. The molecule has 0 radical (unpaired) electrons. The lowest BCUT2D eigenvalue weighted by Crippen LogP contribution is -2.35. The molecule has 1 aromatic heterocycles. The van der Waals surface area contributed by atoms with Crippen molar-refractivity contribution in [1.82, 2.24) is 14.7 Å². The number of nitrogens with zero attached hydrogens (tertiary/aromatic N) is 1. The third-order valence-electron chi connectivity index (χ3n) is 1.39. The van der Waals surface area contributed by atoms with Gasteiger partial charge in [-0.3, -0.25) is 0 Å². The van der Waals surface area contributed by atoms with Crippen LogP contribution in [-0.2, 0) is 10.0 Å². The number of imidazole rings is 1. The van der Waals surface area contributed by atoms with E-state index in [9.17, 15) is 8.42 Å². The second-order valence-corrected chi connectivity index (χ2v) is 4.30. The monoisotopic (exact) mass is 205 g/mol. The zero-order valence-corrected chi connectivity index (χ0v) is 7.87. The van der Waals surface area contributed by atoms with E-state index in [0.717, 1.165) is 0 Å². The molecule has 0 aromatic carbocycles. The highest BCUT2D eigenvalue weighted by Crippen LogP contribution is 2.02. The molecule has 6 nitrogen and oxygen atoms in total. The minimum Gasteiger partial charge on any atom is -0.395 e. The van der Waals surface area contributed by atoms with Gasteiger partial charge in [0.25, 0.3) is 10.0 Å². The van der Waals surface area contributed by atoms with Gasteiger partial charge in [0.05, 0.1) is 19.1 Å². The van der Waals surface area contributed by atoms with Gasteiger partial charge in [-0.2, -0.15) is 0 Å². The first-order valence-electron chi connectivity index (χ1n) is 3.68. The Morgan fingerprint density at radius 2 is 2.46 bits per heavy atom. The molecule has 0 unspecified atom stereocenters. The van der Waals surface area contributed by atoms with E-state index in [1.165, 1.54) is 12.5 Å². The van der Waals surface area contributed by atoms with Gasteiger partial charge in [0, 0.05) is 6.04 Å². The first-order chi connectivity index (χ1) is 6.06. The number of aliphatic hydroxyl groups is 1. The number of aromatic amines is 1. The van der Waals surface area contributed by atoms with Gasteiger partial charge < -0.3 is 10.1 Å². The summed E-state index contributed by atoms with van der Waals surface area (Å²) in [6.07, 6.45) is 2.48. The van der Waals surface area contributed by atoms with Crippen LogP contribution in [0.4, 0.5) is 0 Å². The van der Waals surface area contributed by atoms with Gasteiger partial charge in [-0.05, 0) is 6.92 Å². The molecule has 0 spiro atoms. The predicted octanol–water partition coefficient (Wildman–Crippen LogP) is -0.931. The fourth-order valence-corrected chi connectivity index (χ4v) is 1.89. The molecule has 0 amide bonds. The molecular weight excluding hydrogens is 194 g/mol. The van der Waals surface area contributed by atoms with E-state index in [2.05, 4.69) is 14.7 Å². The third-order valence-corrected chi connectivity index (χ3v) is 2.91. The van der Waals surface area contributed by atoms with Crippen molar-refractivity contribution in [3.63, 3.8) is 0 Å². The van der Waals surface area contributed by atoms with E-state index in [1.807, 2.05) is 0 Å². The normalized spacial score (nSPS) is 14.3. The Morgan fingerprint density at radius 1 is 1.77 bits per heavy atom. The summed E-state index contributed by atoms with van der Waals surface area (Å²) in [5.74, 6) is 0. The minimum atomic E-state index is -3.56. The summed E-state index contributed by atoms with van der Waals surface area (Å²) in [5.41, 5.74) is 0. The zero-order valence-electron chi connectivity index (χ0n) is 7.06. The Kier molecular flexibility index (Phi) is 3.02. The quantitative estimate of drug-likeness (QED) is 0.591. The highest BCUT2D eigenvalue weighted by atomic mass is 32.2. The molecule has 1 heterocycles. The molecule has 1 aromatic rings. The summed E-state index contributed by atoms with van der Waals surface area (Å²) in [6.45, 7) is 1.32. The lowest BCUT2D eigenvalue weighted by Gasteiger charge is -2.09. The number of aromatic nitrogens is 2. The molecule has 3 N–H and O–H groups in total. The summed E-state index contributed by atoms with van der Waals surface area (Å²) >= 11 is 0. The summed E-state index contributed by atoms with van der Waals surface area (Å²) in [7, 11) is -3.56. The summed E-state index contributed by atoms with van der Waals surface area (Å²) in [6, 6.07) is -0.506. The number of H-pyrrole nitrogens is 1. The fraction of sp³-hybridized carbons (Fsp3) is 0.500. The highest BCUT2D eigenvalue weighted by Gasteiger charge is 2.17. The van der Waals surface area contributed by atoms with Crippen LogP contribution in [0, 0.1) is 0 Å². The molecule has 74 valence electrons. The van der Waals surface area contributed by atoms with E-state index in [1.54, 1.807) is 6.92 Å². The lowest BCUT2D eigenvalue weighted by atomic mass is 10.4. The lowest BCUT2D eigenvalue weighted by molar-refractivity contribution is 0.265. The summed E-state index contributed by atoms with van der Waals surface area (Å²) in [4.78, 5) is 6.05. The first kappa shape index (κ1) is 10.2. The number of hydrogen-bond acceptors (Lipinski definition) is 4. The van der Waals surface area contributed by atoms with E-state index >= 15 is 0 Å². The van der Waals surface area contributed by atoms with Crippen molar-refractivity contribution in [3.8, 4) is 0 Å². The van der Waals surface area contributed by atoms with Crippen LogP contribution in [0.25, 0.3) is 0 Å². The molecule has 1 atom stereocenters. The van der Waals surface area contributed by atoms with Crippen molar-refractivity contribution in [3.05, 3.63) is 12.5 Å². The van der Waals surface area contributed by atoms with Crippen LogP contribution >= 0.6 is 0 Å². The number of rotatable bonds is 4. The van der Waals surface area contributed by atoms with Crippen LogP contribution in [0.1, 0.15) is 6.92 Å². The Bertz CT molecular complexity index is 345. The van der Waals surface area contributed by atoms with Crippen molar-refractivity contribution in [2.75, 3.05) is 6.61 Å². The first-order valence-corrected chi connectivity index (χ1v) is 5.16. The van der Waals surface area contributed by atoms with Gasteiger partial charge >= 0.3 is 0 Å². The number of sulfonamides is 1. The van der Waals surface area contributed by atoms with Gasteiger partial charge in [0.15, 0.2) is 5.03 Å². The third kappa shape index (κ3) is 2.51. The van der Waals surface area contributed by atoms with Gasteiger partial charge in [0.1, 0.15) is 0 Å². The van der Waals surface area contributed by atoms with Crippen LogP contribution in [0.3, 0.4) is 0 Å². The van der Waals surface area contributed by atoms with Gasteiger partial charge in [-0.15, -0.1) is 0 Å². The van der Waals surface area contributed by atoms with E-state index in [0.29, 0.717) is 0 Å². The molecule has 0 aliphatic heterocycles. The molecule has 0 fully saturated rings. The second kappa shape index (κ2) is 3.86. The molecule has 0 aliphatic carbocycles. The molecular formula is C6H11N3O3S. The number of hydrogen-bond donors (Lipinski definition) is 3. The zero-order chi connectivity index (χ0) is 9.90. The van der Waals surface area contributed by atoms with Crippen molar-refractivity contribution in [1.29, 1.82) is 0 Å². The van der Waals surface area contributed by atoms with E-state index in [-0.39, 0.29) is 11.6 Å². The van der Waals surface area contributed by atoms with E-state index in [4.69, 9.17) is 5.11 Å². The van der Waals surface area contributed by atoms with Crippen LogP contribution in [0.2, 0.25) is 0 Å². The van der Waals surface area contributed by atoms with Gasteiger partial charge in [-0.1, -0.05) is 0 Å². The average molecular weight is 205 g/mol. The molecule has 13 heavy (non-hydrogen) atoms. The SMILES string of the molecule is C[C@H](CO)NS(=O)(=O)c1cnc[nH]1. The van der Waals surface area contributed by atoms with Crippen LogP contribution < -0.4 is 4.72 Å². The number of nitrogens with one attached hydrogen (secondary N) is 2. The van der Waals surface area contributed by atoms with Gasteiger partial charge in [0.2, 0.25) is 0 Å². The number of aliphatic hydroxyl groups excluding tert-OH is 1. The fourth-order valence-electron chi connectivity index (χ4n) is 0.756. The van der Waals surface area contributed by atoms with Crippen LogP contribution in [0.15, 0.2) is 17.6 Å². The molecule has 0 saturated carbocycles. The molecule has 7 heteroatoms. The maximum Gasteiger partial charge on any atom is 0.257 e. The van der Waals surface area contributed by atoms with Crippen molar-refractivity contribution >= 4 is 10.0 Å². The Balaban J connectivity index is 2.79. The van der Waals surface area contributed by atoms with Crippen LogP contribution in [-0.4, -0.2) is 36.1 Å². The topological polar surface area (TPSA) is 95.1 Å². The maximum atomic E-state index is 11.4. The van der Waals surface area contributed by atoms with Crippen molar-refractivity contribution < 1.29 is 13.5 Å². The summed E-state index contributed by atoms with van der Waals surface area (Å²) in [5, 5.41) is 8.64. The van der Waals surface area contributed by atoms with Crippen molar-refractivity contribution in [2.45, 2.75) is 18.0 Å². The molecule has 0 bridgehead atoms. The Hall–Kier alpha value is -0.920. The summed E-state index contributed by atoms with van der Waals surface area (Å²) < 4.78 is 25.0.